The van der Waals surface area contributed by atoms with Crippen LogP contribution in [-0.2, 0) is 10.0 Å². The molecule has 0 saturated carbocycles. The first-order valence-corrected chi connectivity index (χ1v) is 10.0. The van der Waals surface area contributed by atoms with E-state index < -0.39 is 20.9 Å². The molecule has 11 heteroatoms. The number of hydrogen-bond donors (Lipinski definition) is 2. The van der Waals surface area contributed by atoms with Gasteiger partial charge in [-0.3, -0.25) is 14.9 Å². The zero-order valence-electron chi connectivity index (χ0n) is 16.4. The lowest BCUT2D eigenvalue weighted by atomic mass is 10.1. The Labute approximate surface area is 168 Å². The van der Waals surface area contributed by atoms with E-state index in [1.165, 1.54) is 44.4 Å². The van der Waals surface area contributed by atoms with Crippen molar-refractivity contribution in [1.29, 1.82) is 0 Å². The first-order chi connectivity index (χ1) is 13.6. The summed E-state index contributed by atoms with van der Waals surface area (Å²) in [5.41, 5.74) is 0.400. The van der Waals surface area contributed by atoms with Crippen molar-refractivity contribution in [3.63, 3.8) is 0 Å². The Morgan fingerprint density at radius 2 is 1.90 bits per heavy atom. The standard InChI is InChI=1S/C18H22N4O6S/c1-5-28-16-9-6-12(10-17(16)29(26,27)21(3)4)20-18(23)14-11-13(22(24)25)7-8-15(14)19-2/h6-11,19H,5H2,1-4H3,(H,20,23). The molecule has 0 aliphatic carbocycles. The maximum atomic E-state index is 12.7. The summed E-state index contributed by atoms with van der Waals surface area (Å²) in [6, 6.07) is 8.08. The van der Waals surface area contributed by atoms with E-state index in [4.69, 9.17) is 4.74 Å². The highest BCUT2D eigenvalue weighted by molar-refractivity contribution is 7.89. The minimum Gasteiger partial charge on any atom is -0.492 e. The van der Waals surface area contributed by atoms with E-state index in [1.807, 2.05) is 0 Å². The molecule has 0 atom stereocenters. The summed E-state index contributed by atoms with van der Waals surface area (Å²) in [7, 11) is 0.527. The van der Waals surface area contributed by atoms with Crippen LogP contribution in [0.1, 0.15) is 17.3 Å². The van der Waals surface area contributed by atoms with Crippen LogP contribution in [0.25, 0.3) is 0 Å². The second kappa shape index (κ2) is 8.88. The van der Waals surface area contributed by atoms with Gasteiger partial charge in [-0.25, -0.2) is 12.7 Å². The number of nitro benzene ring substituents is 1. The molecule has 1 amide bonds. The molecular weight excluding hydrogens is 400 g/mol. The van der Waals surface area contributed by atoms with Crippen molar-refractivity contribution < 1.29 is 22.9 Å². The van der Waals surface area contributed by atoms with Crippen LogP contribution in [0.4, 0.5) is 17.1 Å². The highest BCUT2D eigenvalue weighted by Gasteiger charge is 2.24. The van der Waals surface area contributed by atoms with Crippen LogP contribution in [0.15, 0.2) is 41.3 Å². The molecule has 29 heavy (non-hydrogen) atoms. The number of nitro groups is 1. The SMILES string of the molecule is CCOc1ccc(NC(=O)c2cc([N+](=O)[O-])ccc2NC)cc1S(=O)(=O)N(C)C. The molecule has 2 aromatic rings. The summed E-state index contributed by atoms with van der Waals surface area (Å²) in [6.07, 6.45) is 0. The Kier molecular flexibility index (Phi) is 6.77. The lowest BCUT2D eigenvalue weighted by molar-refractivity contribution is -0.384. The van der Waals surface area contributed by atoms with Crippen LogP contribution in [0, 0.1) is 10.1 Å². The molecule has 10 nitrogen and oxygen atoms in total. The Balaban J connectivity index is 2.46. The average molecular weight is 422 g/mol. The van der Waals surface area contributed by atoms with E-state index in [0.29, 0.717) is 5.69 Å². The van der Waals surface area contributed by atoms with Crippen LogP contribution >= 0.6 is 0 Å². The summed E-state index contributed by atoms with van der Waals surface area (Å²) < 4.78 is 31.6. The van der Waals surface area contributed by atoms with Crippen LogP contribution in [0.3, 0.4) is 0 Å². The average Bonchev–Trinajstić information content (AvgIpc) is 2.68. The minimum atomic E-state index is -3.83. The molecule has 2 aromatic carbocycles. The highest BCUT2D eigenvalue weighted by Crippen LogP contribution is 2.30. The Bertz CT molecular complexity index is 1040. The first kappa shape index (κ1) is 22.1. The molecule has 0 radical (unpaired) electrons. The van der Waals surface area contributed by atoms with E-state index in [9.17, 15) is 23.3 Å². The fourth-order valence-corrected chi connectivity index (χ4v) is 3.56. The zero-order valence-corrected chi connectivity index (χ0v) is 17.2. The molecule has 0 bridgehead atoms. The molecule has 0 unspecified atom stereocenters. The topological polar surface area (TPSA) is 131 Å². The highest BCUT2D eigenvalue weighted by atomic mass is 32.2. The van der Waals surface area contributed by atoms with Gasteiger partial charge in [0, 0.05) is 44.7 Å². The molecule has 0 heterocycles. The molecule has 156 valence electrons. The van der Waals surface area contributed by atoms with Gasteiger partial charge in [-0.2, -0.15) is 0 Å². The number of anilines is 2. The van der Waals surface area contributed by atoms with E-state index >= 15 is 0 Å². The molecule has 2 rings (SSSR count). The number of ether oxygens (including phenoxy) is 1. The van der Waals surface area contributed by atoms with Crippen molar-refractivity contribution in [2.24, 2.45) is 0 Å². The van der Waals surface area contributed by atoms with Crippen molar-refractivity contribution in [1.82, 2.24) is 4.31 Å². The third-order valence-corrected chi connectivity index (χ3v) is 5.82. The zero-order chi connectivity index (χ0) is 21.8. The number of rotatable bonds is 8. The monoisotopic (exact) mass is 422 g/mol. The van der Waals surface area contributed by atoms with Crippen LogP contribution < -0.4 is 15.4 Å². The lowest BCUT2D eigenvalue weighted by Crippen LogP contribution is -2.23. The molecule has 0 aliphatic rings. The van der Waals surface area contributed by atoms with Crippen LogP contribution in [0.2, 0.25) is 0 Å². The second-order valence-electron chi connectivity index (χ2n) is 6.07. The Morgan fingerprint density at radius 3 is 2.45 bits per heavy atom. The summed E-state index contributed by atoms with van der Waals surface area (Å²) in [5, 5.41) is 16.4. The van der Waals surface area contributed by atoms with Crippen molar-refractivity contribution in [2.45, 2.75) is 11.8 Å². The number of sulfonamides is 1. The largest absolute Gasteiger partial charge is 0.492 e. The quantitative estimate of drug-likeness (QED) is 0.494. The van der Waals surface area contributed by atoms with E-state index in [-0.39, 0.29) is 34.2 Å². The number of hydrogen-bond acceptors (Lipinski definition) is 7. The number of nitrogens with one attached hydrogen (secondary N) is 2. The van der Waals surface area contributed by atoms with E-state index in [1.54, 1.807) is 14.0 Å². The first-order valence-electron chi connectivity index (χ1n) is 8.58. The molecule has 0 fully saturated rings. The van der Waals surface area contributed by atoms with Crippen molar-refractivity contribution in [3.8, 4) is 5.75 Å². The van der Waals surface area contributed by atoms with E-state index in [2.05, 4.69) is 10.6 Å². The van der Waals surface area contributed by atoms with E-state index in [0.717, 1.165) is 10.4 Å². The summed E-state index contributed by atoms with van der Waals surface area (Å²) in [4.78, 5) is 23.0. The van der Waals surface area contributed by atoms with Gasteiger partial charge in [-0.05, 0) is 31.2 Å². The molecular formula is C18H22N4O6S. The normalized spacial score (nSPS) is 11.2. The second-order valence-corrected chi connectivity index (χ2v) is 8.19. The Morgan fingerprint density at radius 1 is 1.21 bits per heavy atom. The molecule has 0 spiro atoms. The smallest absolute Gasteiger partial charge is 0.270 e. The van der Waals surface area contributed by atoms with Gasteiger partial charge in [0.25, 0.3) is 11.6 Å². The predicted octanol–water partition coefficient (Wildman–Crippen LogP) is 2.54. The van der Waals surface area contributed by atoms with Crippen molar-refractivity contribution in [2.75, 3.05) is 38.4 Å². The number of carbonyl (C=O) groups is 1. The van der Waals surface area contributed by atoms with Gasteiger partial charge in [0.05, 0.1) is 17.1 Å². The third-order valence-electron chi connectivity index (χ3n) is 3.99. The number of non-ortho nitro benzene ring substituents is 1. The summed E-state index contributed by atoms with van der Waals surface area (Å²) >= 11 is 0. The van der Waals surface area contributed by atoms with Gasteiger partial charge in [0.1, 0.15) is 10.6 Å². The van der Waals surface area contributed by atoms with Gasteiger partial charge in [-0.15, -0.1) is 0 Å². The predicted molar refractivity (Wildman–Crippen MR) is 109 cm³/mol. The molecule has 0 saturated heterocycles. The number of amides is 1. The summed E-state index contributed by atoms with van der Waals surface area (Å²) in [6.45, 7) is 1.99. The maximum Gasteiger partial charge on any atom is 0.270 e. The minimum absolute atomic E-state index is 0.0487. The molecule has 0 aliphatic heterocycles. The Hall–Kier alpha value is -3.18. The fourth-order valence-electron chi connectivity index (χ4n) is 2.51. The number of benzene rings is 2. The van der Waals surface area contributed by atoms with Crippen molar-refractivity contribution in [3.05, 3.63) is 52.1 Å². The van der Waals surface area contributed by atoms with Gasteiger partial charge < -0.3 is 15.4 Å². The fraction of sp³-hybridized carbons (Fsp3) is 0.278. The summed E-state index contributed by atoms with van der Waals surface area (Å²) in [5.74, 6) is -0.471. The van der Waals surface area contributed by atoms with Crippen molar-refractivity contribution >= 4 is 33.0 Å². The maximum absolute atomic E-state index is 12.7. The van der Waals surface area contributed by atoms with Crippen LogP contribution in [0.5, 0.6) is 5.75 Å². The number of nitrogens with zero attached hydrogens (tertiary/aromatic N) is 2. The number of carbonyl (C=O) groups excluding carboxylic acids is 1. The van der Waals surface area contributed by atoms with Gasteiger partial charge in [0.2, 0.25) is 10.0 Å². The molecule has 0 aromatic heterocycles. The third kappa shape index (κ3) is 4.81. The van der Waals surface area contributed by atoms with Crippen LogP contribution in [-0.4, -0.2) is 51.3 Å². The van der Waals surface area contributed by atoms with Gasteiger partial charge in [-0.1, -0.05) is 0 Å². The molecule has 2 N–H and O–H groups in total. The van der Waals surface area contributed by atoms with Gasteiger partial charge >= 0.3 is 0 Å². The lowest BCUT2D eigenvalue weighted by Gasteiger charge is -2.17. The van der Waals surface area contributed by atoms with Gasteiger partial charge in [0.15, 0.2) is 0 Å².